The largest absolute Gasteiger partial charge is 0.497 e. The molecule has 2 heterocycles. The Hall–Kier alpha value is -2.08. The highest BCUT2D eigenvalue weighted by Crippen LogP contribution is 2.29. The molecule has 6 nitrogen and oxygen atoms in total. The van der Waals surface area contributed by atoms with E-state index in [4.69, 9.17) is 14.0 Å². The summed E-state index contributed by atoms with van der Waals surface area (Å²) in [5.41, 5.74) is 0.818. The van der Waals surface area contributed by atoms with E-state index in [2.05, 4.69) is 15.5 Å². The van der Waals surface area contributed by atoms with E-state index in [1.807, 2.05) is 12.1 Å². The molecule has 0 aliphatic carbocycles. The Balaban J connectivity index is 1.93. The van der Waals surface area contributed by atoms with Crippen molar-refractivity contribution in [2.24, 2.45) is 0 Å². The molecule has 1 saturated heterocycles. The Morgan fingerprint density at radius 1 is 1.16 bits per heavy atom. The minimum Gasteiger partial charge on any atom is -0.497 e. The van der Waals surface area contributed by atoms with E-state index < -0.39 is 0 Å². The third kappa shape index (κ3) is 2.26. The lowest BCUT2D eigenvalue weighted by Crippen LogP contribution is -2.40. The number of nitrogens with zero attached hydrogens (tertiary/aromatic N) is 2. The topological polar surface area (TPSA) is 69.4 Å². The number of hydrogen-bond donors (Lipinski definition) is 1. The van der Waals surface area contributed by atoms with Gasteiger partial charge in [-0.05, 0) is 12.1 Å². The van der Waals surface area contributed by atoms with Gasteiger partial charge in [-0.1, -0.05) is 5.16 Å². The second kappa shape index (κ2) is 4.89. The lowest BCUT2D eigenvalue weighted by molar-refractivity contribution is 0.308. The van der Waals surface area contributed by atoms with E-state index in [9.17, 15) is 0 Å². The summed E-state index contributed by atoms with van der Waals surface area (Å²) in [7, 11) is 3.22. The molecule has 0 radical (unpaired) electrons. The van der Waals surface area contributed by atoms with E-state index in [-0.39, 0.29) is 0 Å². The zero-order valence-corrected chi connectivity index (χ0v) is 10.8. The van der Waals surface area contributed by atoms with Gasteiger partial charge in [-0.25, -0.2) is 0 Å². The van der Waals surface area contributed by atoms with Crippen molar-refractivity contribution in [2.75, 3.05) is 27.3 Å². The van der Waals surface area contributed by atoms with Crippen LogP contribution in [0.3, 0.4) is 0 Å². The quantitative estimate of drug-likeness (QED) is 0.898. The molecule has 19 heavy (non-hydrogen) atoms. The van der Waals surface area contributed by atoms with Crippen molar-refractivity contribution >= 4 is 0 Å². The molecule has 1 aliphatic rings. The van der Waals surface area contributed by atoms with Crippen LogP contribution < -0.4 is 14.8 Å². The molecule has 0 unspecified atom stereocenters. The fraction of sp³-hybridized carbons (Fsp3) is 0.385. The zero-order chi connectivity index (χ0) is 13.2. The van der Waals surface area contributed by atoms with Gasteiger partial charge in [0.2, 0.25) is 11.7 Å². The van der Waals surface area contributed by atoms with E-state index in [0.29, 0.717) is 29.1 Å². The minimum atomic E-state index is 0.328. The van der Waals surface area contributed by atoms with Crippen LogP contribution in [0.15, 0.2) is 22.7 Å². The molecule has 6 heteroatoms. The number of hydrogen-bond acceptors (Lipinski definition) is 6. The van der Waals surface area contributed by atoms with Crippen molar-refractivity contribution < 1.29 is 14.0 Å². The van der Waals surface area contributed by atoms with E-state index in [1.54, 1.807) is 20.3 Å². The summed E-state index contributed by atoms with van der Waals surface area (Å²) in [6.45, 7) is 1.78. The molecule has 1 aromatic carbocycles. The zero-order valence-electron chi connectivity index (χ0n) is 10.8. The van der Waals surface area contributed by atoms with Gasteiger partial charge < -0.3 is 19.3 Å². The molecule has 1 N–H and O–H groups in total. The van der Waals surface area contributed by atoms with Gasteiger partial charge in [-0.3, -0.25) is 0 Å². The average Bonchev–Trinajstić information content (AvgIpc) is 2.85. The second-order valence-corrected chi connectivity index (χ2v) is 4.41. The van der Waals surface area contributed by atoms with Crippen LogP contribution in [0.1, 0.15) is 11.8 Å². The van der Waals surface area contributed by atoms with Gasteiger partial charge in [0.1, 0.15) is 11.5 Å². The number of rotatable bonds is 4. The highest BCUT2D eigenvalue weighted by molar-refractivity contribution is 5.60. The Morgan fingerprint density at radius 2 is 1.84 bits per heavy atom. The summed E-state index contributed by atoms with van der Waals surface area (Å²) >= 11 is 0. The van der Waals surface area contributed by atoms with Crippen molar-refractivity contribution in [3.05, 3.63) is 24.1 Å². The van der Waals surface area contributed by atoms with Gasteiger partial charge in [0, 0.05) is 24.7 Å². The Bertz CT molecular complexity index is 556. The van der Waals surface area contributed by atoms with Crippen molar-refractivity contribution in [3.63, 3.8) is 0 Å². The van der Waals surface area contributed by atoms with Crippen LogP contribution in [0.5, 0.6) is 11.5 Å². The predicted molar refractivity (Wildman–Crippen MR) is 68.4 cm³/mol. The normalized spacial score (nSPS) is 15.1. The van der Waals surface area contributed by atoms with E-state index >= 15 is 0 Å². The predicted octanol–water partition coefficient (Wildman–Crippen LogP) is 1.44. The summed E-state index contributed by atoms with van der Waals surface area (Å²) in [6.07, 6.45) is 0. The van der Waals surface area contributed by atoms with Crippen molar-refractivity contribution in [2.45, 2.75) is 5.92 Å². The minimum absolute atomic E-state index is 0.328. The molecule has 3 rings (SSSR count). The number of aromatic nitrogens is 2. The van der Waals surface area contributed by atoms with Gasteiger partial charge in [0.15, 0.2) is 0 Å². The first-order valence-electron chi connectivity index (χ1n) is 6.08. The van der Waals surface area contributed by atoms with Gasteiger partial charge in [-0.15, -0.1) is 0 Å². The van der Waals surface area contributed by atoms with Crippen LogP contribution >= 0.6 is 0 Å². The van der Waals surface area contributed by atoms with Crippen LogP contribution in [0.25, 0.3) is 11.4 Å². The smallest absolute Gasteiger partial charge is 0.232 e. The van der Waals surface area contributed by atoms with Crippen LogP contribution in [-0.2, 0) is 0 Å². The Labute approximate surface area is 110 Å². The third-order valence-electron chi connectivity index (χ3n) is 3.18. The van der Waals surface area contributed by atoms with E-state index in [1.165, 1.54) is 0 Å². The summed E-state index contributed by atoms with van der Waals surface area (Å²) < 4.78 is 15.7. The highest BCUT2D eigenvalue weighted by atomic mass is 16.5. The molecule has 0 spiro atoms. The molecular weight excluding hydrogens is 246 g/mol. The van der Waals surface area contributed by atoms with Crippen LogP contribution in [-0.4, -0.2) is 37.4 Å². The molecule has 100 valence electrons. The lowest BCUT2D eigenvalue weighted by Gasteiger charge is -2.22. The summed E-state index contributed by atoms with van der Waals surface area (Å²) in [5.74, 6) is 2.96. The maximum absolute atomic E-state index is 5.29. The van der Waals surface area contributed by atoms with Crippen molar-refractivity contribution in [1.82, 2.24) is 15.5 Å². The first kappa shape index (κ1) is 12.0. The van der Waals surface area contributed by atoms with Gasteiger partial charge in [0.25, 0.3) is 0 Å². The number of ether oxygens (including phenoxy) is 2. The molecule has 1 fully saturated rings. The Kier molecular flexibility index (Phi) is 3.08. The number of methoxy groups -OCH3 is 2. The lowest BCUT2D eigenvalue weighted by atomic mass is 10.0. The second-order valence-electron chi connectivity index (χ2n) is 4.41. The number of nitrogens with one attached hydrogen (secondary N) is 1. The SMILES string of the molecule is COc1cc(OC)cc(-c2noc(C3CNC3)n2)c1. The first-order chi connectivity index (χ1) is 9.30. The third-order valence-corrected chi connectivity index (χ3v) is 3.18. The standard InChI is InChI=1S/C13H15N3O3/c1-17-10-3-8(4-11(5-10)18-2)12-15-13(19-16-12)9-6-14-7-9/h3-5,9,14H,6-7H2,1-2H3. The van der Waals surface area contributed by atoms with E-state index in [0.717, 1.165) is 18.7 Å². The van der Waals surface area contributed by atoms with Crippen molar-refractivity contribution in [1.29, 1.82) is 0 Å². The molecule has 0 saturated carbocycles. The van der Waals surface area contributed by atoms with Crippen LogP contribution in [0.2, 0.25) is 0 Å². The summed E-state index contributed by atoms with van der Waals surface area (Å²) in [5, 5.41) is 7.19. The fourth-order valence-electron chi connectivity index (χ4n) is 1.92. The van der Waals surface area contributed by atoms with Crippen LogP contribution in [0, 0.1) is 0 Å². The first-order valence-corrected chi connectivity index (χ1v) is 6.08. The molecule has 2 aromatic rings. The molecule has 0 bridgehead atoms. The molecule has 1 aliphatic heterocycles. The fourth-order valence-corrected chi connectivity index (χ4v) is 1.92. The maximum Gasteiger partial charge on any atom is 0.232 e. The van der Waals surface area contributed by atoms with Gasteiger partial charge in [-0.2, -0.15) is 4.98 Å². The molecule has 0 amide bonds. The molecule has 0 atom stereocenters. The van der Waals surface area contributed by atoms with Crippen LogP contribution in [0.4, 0.5) is 0 Å². The highest BCUT2D eigenvalue weighted by Gasteiger charge is 2.25. The van der Waals surface area contributed by atoms with Gasteiger partial charge >= 0.3 is 0 Å². The molecule has 1 aromatic heterocycles. The maximum atomic E-state index is 5.29. The Morgan fingerprint density at radius 3 is 2.37 bits per heavy atom. The summed E-state index contributed by atoms with van der Waals surface area (Å²) in [6, 6.07) is 5.52. The molecular formula is C13H15N3O3. The van der Waals surface area contributed by atoms with Crippen molar-refractivity contribution in [3.8, 4) is 22.9 Å². The average molecular weight is 261 g/mol. The number of benzene rings is 1. The summed E-state index contributed by atoms with van der Waals surface area (Å²) in [4.78, 5) is 4.42. The monoisotopic (exact) mass is 261 g/mol. The van der Waals surface area contributed by atoms with Gasteiger partial charge in [0.05, 0.1) is 20.1 Å².